The topological polar surface area (TPSA) is 47.2 Å². The van der Waals surface area contributed by atoms with Crippen LogP contribution in [0.2, 0.25) is 0 Å². The van der Waals surface area contributed by atoms with Crippen molar-refractivity contribution in [2.24, 2.45) is 0 Å². The Morgan fingerprint density at radius 2 is 0.911 bits per heavy atom. The van der Waals surface area contributed by atoms with Gasteiger partial charge in [0.25, 0.3) is 0 Å². The number of amides is 1. The van der Waals surface area contributed by atoms with Gasteiger partial charge in [-0.3, -0.25) is 9.59 Å². The molecule has 0 spiro atoms. The van der Waals surface area contributed by atoms with Crippen molar-refractivity contribution in [3.05, 3.63) is 163 Å². The number of carbonyl (C=O) groups is 2. The minimum atomic E-state index is -0.435. The van der Waals surface area contributed by atoms with Gasteiger partial charge in [-0.2, -0.15) is 6.42 Å². The number of nitrogens with zero attached hydrogens (tertiary/aromatic N) is 3. The quantitative estimate of drug-likeness (QED) is 0.0529. The van der Waals surface area contributed by atoms with Crippen LogP contribution in [-0.2, 0) is 0 Å². The molecule has 1 amide bonds. The molecular weight excluding hydrogens is 773 g/mol. The number of para-hydroxylation sites is 4. The molecule has 282 valence electrons. The third kappa shape index (κ3) is 10.6. The van der Waals surface area contributed by atoms with Crippen LogP contribution in [0.1, 0.15) is 56.3 Å². The maximum Gasteiger partial charge on any atom is 1.00 e. The van der Waals surface area contributed by atoms with Crippen LogP contribution in [0.15, 0.2) is 150 Å². The molecule has 2 heterocycles. The minimum Gasteiger partial charge on any atom is -0.343 e. The SMILES string of the molecule is Brc1ccc(-n2c3ccccc3c3ccccc32)cc1.CCCCC(=O)c1ccc(-n2c3ccccc3c3ccccc32)cc1.CN(C)C(=O)Cl.[CH2-]CCC.[Li+]. The van der Waals surface area contributed by atoms with E-state index in [1.54, 1.807) is 14.1 Å². The molecule has 8 aromatic rings. The fourth-order valence-corrected chi connectivity index (χ4v) is 6.53. The number of hydrogen-bond donors (Lipinski definition) is 0. The van der Waals surface area contributed by atoms with E-state index in [4.69, 9.17) is 11.6 Å². The van der Waals surface area contributed by atoms with Gasteiger partial charge in [-0.1, -0.05) is 115 Å². The third-order valence-electron chi connectivity index (χ3n) is 9.16. The second-order valence-corrected chi connectivity index (χ2v) is 14.5. The van der Waals surface area contributed by atoms with Crippen molar-refractivity contribution in [3.8, 4) is 11.4 Å². The smallest absolute Gasteiger partial charge is 0.343 e. The maximum absolute atomic E-state index is 12.2. The Kier molecular flexibility index (Phi) is 17.1. The molecule has 0 aliphatic rings. The summed E-state index contributed by atoms with van der Waals surface area (Å²) >= 11 is 8.40. The van der Waals surface area contributed by atoms with E-state index in [0.29, 0.717) is 6.42 Å². The van der Waals surface area contributed by atoms with Crippen LogP contribution in [0.5, 0.6) is 0 Å². The van der Waals surface area contributed by atoms with Crippen LogP contribution in [0, 0.1) is 6.92 Å². The number of halogens is 2. The number of aromatic nitrogens is 2. The van der Waals surface area contributed by atoms with Crippen LogP contribution in [0.4, 0.5) is 4.79 Å². The van der Waals surface area contributed by atoms with E-state index >= 15 is 0 Å². The minimum absolute atomic E-state index is 0. The van der Waals surface area contributed by atoms with E-state index in [1.165, 1.54) is 60.6 Å². The molecule has 2 aromatic heterocycles. The molecule has 5 nitrogen and oxygen atoms in total. The predicted molar refractivity (Wildman–Crippen MR) is 238 cm³/mol. The first-order valence-electron chi connectivity index (χ1n) is 18.7. The Labute approximate surface area is 356 Å². The van der Waals surface area contributed by atoms with Crippen molar-refractivity contribution < 1.29 is 28.4 Å². The third-order valence-corrected chi connectivity index (χ3v) is 10.0. The monoisotopic (exact) mass is 819 g/mol. The number of fused-ring (bicyclic) bond motifs is 6. The molecule has 0 aliphatic carbocycles. The van der Waals surface area contributed by atoms with E-state index in [2.05, 4.69) is 179 Å². The normalized spacial score (nSPS) is 10.4. The molecule has 8 rings (SSSR count). The average molecular weight is 821 g/mol. The summed E-state index contributed by atoms with van der Waals surface area (Å²) in [5.41, 5.74) is 7.95. The van der Waals surface area contributed by atoms with E-state index in [9.17, 15) is 9.59 Å². The van der Waals surface area contributed by atoms with Crippen molar-refractivity contribution >= 4 is 82.3 Å². The van der Waals surface area contributed by atoms with Gasteiger partial charge in [0.2, 0.25) is 0 Å². The molecule has 0 bridgehead atoms. The van der Waals surface area contributed by atoms with Gasteiger partial charge < -0.3 is 21.0 Å². The van der Waals surface area contributed by atoms with Crippen molar-refractivity contribution in [2.45, 2.75) is 46.0 Å². The van der Waals surface area contributed by atoms with Crippen LogP contribution in [0.3, 0.4) is 0 Å². The Morgan fingerprint density at radius 1 is 0.589 bits per heavy atom. The van der Waals surface area contributed by atoms with Gasteiger partial charge in [-0.25, -0.2) is 0 Å². The fourth-order valence-electron chi connectivity index (χ4n) is 6.27. The Hall–Kier alpha value is -4.57. The first-order chi connectivity index (χ1) is 26.7. The molecule has 6 aromatic carbocycles. The van der Waals surface area contributed by atoms with Crippen molar-refractivity contribution in [2.75, 3.05) is 14.1 Å². The molecular formula is C48H48BrClLiN3O2. The number of rotatable bonds is 7. The number of ketones is 1. The van der Waals surface area contributed by atoms with E-state index in [0.717, 1.165) is 35.0 Å². The predicted octanol–water partition coefficient (Wildman–Crippen LogP) is 11.2. The molecule has 0 fully saturated rings. The first kappa shape index (κ1) is 44.1. The van der Waals surface area contributed by atoms with Crippen molar-refractivity contribution in [1.29, 1.82) is 0 Å². The zero-order chi connectivity index (χ0) is 39.3. The molecule has 0 radical (unpaired) electrons. The summed E-state index contributed by atoms with van der Waals surface area (Å²) in [5, 5.41) is 4.66. The van der Waals surface area contributed by atoms with Gasteiger partial charge in [0.1, 0.15) is 0 Å². The van der Waals surface area contributed by atoms with Crippen LogP contribution in [0.25, 0.3) is 55.0 Å². The summed E-state index contributed by atoms with van der Waals surface area (Å²) in [5.74, 6) is 0.232. The van der Waals surface area contributed by atoms with Crippen molar-refractivity contribution in [3.63, 3.8) is 0 Å². The van der Waals surface area contributed by atoms with E-state index in [1.807, 2.05) is 12.1 Å². The Balaban J connectivity index is 0.000000201. The maximum atomic E-state index is 12.2. The average Bonchev–Trinajstić information content (AvgIpc) is 3.74. The van der Waals surface area contributed by atoms with Gasteiger partial charge >= 0.3 is 24.2 Å². The van der Waals surface area contributed by atoms with Crippen LogP contribution < -0.4 is 18.9 Å². The Morgan fingerprint density at radius 3 is 1.21 bits per heavy atom. The van der Waals surface area contributed by atoms with E-state index < -0.39 is 5.37 Å². The molecule has 0 N–H and O–H groups in total. The standard InChI is InChI=1S/C23H21NO.C18H12BrN.C4H9.C3H6ClNO.Li/c1-2-3-12-23(25)17-13-15-18(16-14-17)24-21-10-6-4-8-19(21)20-9-5-7-11-22(20)24;19-13-9-11-14(12-10-13)20-17-7-3-1-5-15(17)16-6-2-4-8-18(16)20;1-3-4-2;1-5(2)3(4)6;/h4-11,13-16H,2-3,12H2,1H3;1-12H;1,3-4H2,2H3;1-2H3;/q;;-1;;+1. The second-order valence-electron chi connectivity index (χ2n) is 13.3. The number of unbranched alkanes of at least 4 members (excludes halogenated alkanes) is 2. The summed E-state index contributed by atoms with van der Waals surface area (Å²) in [6.07, 6.45) is 4.91. The van der Waals surface area contributed by atoms with Gasteiger partial charge in [-0.15, -0.1) is 0 Å². The molecule has 0 aliphatic heterocycles. The summed E-state index contributed by atoms with van der Waals surface area (Å²) in [6.45, 7) is 7.83. The molecule has 0 atom stereocenters. The van der Waals surface area contributed by atoms with Gasteiger partial charge in [0.05, 0.1) is 22.1 Å². The summed E-state index contributed by atoms with van der Waals surface area (Å²) < 4.78 is 5.68. The summed E-state index contributed by atoms with van der Waals surface area (Å²) in [4.78, 5) is 23.3. The number of carbonyl (C=O) groups excluding carboxylic acids is 2. The number of benzene rings is 6. The molecule has 8 heteroatoms. The van der Waals surface area contributed by atoms with Crippen molar-refractivity contribution in [1.82, 2.24) is 14.0 Å². The molecule has 56 heavy (non-hydrogen) atoms. The first-order valence-corrected chi connectivity index (χ1v) is 19.9. The van der Waals surface area contributed by atoms with E-state index in [-0.39, 0.29) is 24.6 Å². The zero-order valence-corrected chi connectivity index (χ0v) is 35.4. The molecule has 0 saturated carbocycles. The number of hydrogen-bond acceptors (Lipinski definition) is 2. The largest absolute Gasteiger partial charge is 1.00 e. The fraction of sp³-hybridized carbons (Fsp3) is 0.188. The van der Waals surface area contributed by atoms with Gasteiger partial charge in [-0.05, 0) is 90.8 Å². The second kappa shape index (κ2) is 21.7. The summed E-state index contributed by atoms with van der Waals surface area (Å²) in [7, 11) is 3.19. The number of Topliss-reactive ketones (excluding diaryl/α,β-unsaturated/α-hetero) is 1. The molecule has 0 saturated heterocycles. The van der Waals surface area contributed by atoms with Crippen LogP contribution in [-0.4, -0.2) is 39.3 Å². The van der Waals surface area contributed by atoms with Crippen LogP contribution >= 0.6 is 27.5 Å². The van der Waals surface area contributed by atoms with Gasteiger partial charge in [0.15, 0.2) is 5.78 Å². The zero-order valence-electron chi connectivity index (χ0n) is 33.0. The molecule has 0 unspecified atom stereocenters. The Bertz CT molecular complexity index is 2380. The van der Waals surface area contributed by atoms with Gasteiger partial charge in [0, 0.05) is 63.5 Å². The summed E-state index contributed by atoms with van der Waals surface area (Å²) in [6, 6.07) is 50.5.